The highest BCUT2D eigenvalue weighted by atomic mass is 35.5. The quantitative estimate of drug-likeness (QED) is 0.757. The summed E-state index contributed by atoms with van der Waals surface area (Å²) in [7, 11) is 0. The monoisotopic (exact) mass is 240 g/mol. The van der Waals surface area contributed by atoms with Gasteiger partial charge in [0.25, 0.3) is 0 Å². The Balaban J connectivity index is 2.21. The van der Waals surface area contributed by atoms with E-state index in [4.69, 9.17) is 21.1 Å². The van der Waals surface area contributed by atoms with Gasteiger partial charge in [-0.3, -0.25) is 0 Å². The third kappa shape index (κ3) is 1.46. The van der Waals surface area contributed by atoms with Gasteiger partial charge in [0.1, 0.15) is 13.2 Å². The first kappa shape index (κ1) is 10.2. The fraction of sp³-hybridized carbons (Fsp3) is 0.500. The van der Waals surface area contributed by atoms with Crippen molar-refractivity contribution in [2.75, 3.05) is 13.2 Å². The van der Waals surface area contributed by atoms with Crippen LogP contribution >= 0.6 is 11.6 Å². The molecule has 1 aromatic carbocycles. The minimum atomic E-state index is -0.474. The molecule has 0 saturated carbocycles. The summed E-state index contributed by atoms with van der Waals surface area (Å²) >= 11 is 6.20. The van der Waals surface area contributed by atoms with Crippen molar-refractivity contribution in [2.24, 2.45) is 0 Å². The summed E-state index contributed by atoms with van der Waals surface area (Å²) in [5.74, 6) is 1.36. The highest BCUT2D eigenvalue weighted by Crippen LogP contribution is 2.46. The van der Waals surface area contributed by atoms with Crippen LogP contribution in [0.25, 0.3) is 0 Å². The number of hydrogen-bond acceptors (Lipinski definition) is 3. The second-order valence-electron chi connectivity index (χ2n) is 4.18. The average Bonchev–Trinajstić information content (AvgIpc) is 2.30. The maximum Gasteiger partial charge on any atom is 0.167 e. The van der Waals surface area contributed by atoms with E-state index in [0.717, 1.165) is 30.4 Å². The maximum atomic E-state index is 10.0. The van der Waals surface area contributed by atoms with Crippen LogP contribution in [-0.4, -0.2) is 18.3 Å². The van der Waals surface area contributed by atoms with E-state index in [9.17, 15) is 5.11 Å². The van der Waals surface area contributed by atoms with Gasteiger partial charge >= 0.3 is 0 Å². The fourth-order valence-electron chi connectivity index (χ4n) is 2.44. The van der Waals surface area contributed by atoms with Crippen molar-refractivity contribution in [1.82, 2.24) is 0 Å². The van der Waals surface area contributed by atoms with Crippen molar-refractivity contribution in [2.45, 2.75) is 25.4 Å². The fourth-order valence-corrected chi connectivity index (χ4v) is 2.74. The second-order valence-corrected chi connectivity index (χ2v) is 4.59. The molecule has 3 rings (SSSR count). The number of ether oxygens (including phenoxy) is 2. The Kier molecular flexibility index (Phi) is 2.45. The molecule has 1 N–H and O–H groups in total. The van der Waals surface area contributed by atoms with Gasteiger partial charge in [-0.25, -0.2) is 0 Å². The van der Waals surface area contributed by atoms with E-state index in [0.29, 0.717) is 29.7 Å². The first-order valence-electron chi connectivity index (χ1n) is 5.56. The normalized spacial score (nSPS) is 22.8. The van der Waals surface area contributed by atoms with Gasteiger partial charge in [0.2, 0.25) is 0 Å². The van der Waals surface area contributed by atoms with Gasteiger partial charge in [-0.1, -0.05) is 11.6 Å². The summed E-state index contributed by atoms with van der Waals surface area (Å²) in [6, 6.07) is 1.80. The smallest absolute Gasteiger partial charge is 0.167 e. The molecule has 0 bridgehead atoms. The molecule has 1 aliphatic carbocycles. The van der Waals surface area contributed by atoms with Crippen molar-refractivity contribution in [3.05, 3.63) is 22.2 Å². The first-order chi connectivity index (χ1) is 7.77. The summed E-state index contributed by atoms with van der Waals surface area (Å²) in [6.07, 6.45) is 2.16. The number of hydrogen-bond donors (Lipinski definition) is 1. The molecule has 0 radical (unpaired) electrons. The molecule has 4 heteroatoms. The van der Waals surface area contributed by atoms with E-state index < -0.39 is 6.10 Å². The van der Waals surface area contributed by atoms with E-state index in [1.165, 1.54) is 0 Å². The van der Waals surface area contributed by atoms with Crippen molar-refractivity contribution >= 4 is 11.6 Å². The molecular weight excluding hydrogens is 228 g/mol. The third-order valence-electron chi connectivity index (χ3n) is 3.16. The van der Waals surface area contributed by atoms with E-state index >= 15 is 0 Å². The Morgan fingerprint density at radius 1 is 1.31 bits per heavy atom. The summed E-state index contributed by atoms with van der Waals surface area (Å²) in [6.45, 7) is 1.08. The molecule has 0 aromatic heterocycles. The van der Waals surface area contributed by atoms with Crippen molar-refractivity contribution < 1.29 is 14.6 Å². The number of rotatable bonds is 0. The Hall–Kier alpha value is -0.930. The molecule has 0 unspecified atom stereocenters. The maximum absolute atomic E-state index is 10.0. The Bertz CT molecular complexity index is 431. The van der Waals surface area contributed by atoms with Crippen LogP contribution < -0.4 is 9.47 Å². The lowest BCUT2D eigenvalue weighted by Crippen LogP contribution is -2.20. The van der Waals surface area contributed by atoms with Gasteiger partial charge in [0.15, 0.2) is 11.5 Å². The largest absolute Gasteiger partial charge is 0.486 e. The molecule has 1 aliphatic heterocycles. The van der Waals surface area contributed by atoms with Crippen LogP contribution in [0.15, 0.2) is 6.07 Å². The Morgan fingerprint density at radius 3 is 3.00 bits per heavy atom. The molecule has 1 atom stereocenters. The standard InChI is InChI=1S/C12H13ClO3/c13-8-6-10-12(16-5-4-15-10)11-7(8)2-1-3-9(11)14/h6,9,14H,1-5H2/t9-/m1/s1. The van der Waals surface area contributed by atoms with Crippen LogP contribution in [0.2, 0.25) is 5.02 Å². The summed E-state index contributed by atoms with van der Waals surface area (Å²) in [4.78, 5) is 0. The molecule has 1 aromatic rings. The highest BCUT2D eigenvalue weighted by molar-refractivity contribution is 6.31. The molecule has 3 nitrogen and oxygen atoms in total. The zero-order chi connectivity index (χ0) is 11.1. The zero-order valence-electron chi connectivity index (χ0n) is 8.83. The summed E-state index contributed by atoms with van der Waals surface area (Å²) in [5.41, 5.74) is 1.86. The van der Waals surface area contributed by atoms with Gasteiger partial charge in [-0.05, 0) is 24.8 Å². The van der Waals surface area contributed by atoms with Crippen LogP contribution in [0.5, 0.6) is 11.5 Å². The van der Waals surface area contributed by atoms with E-state index in [-0.39, 0.29) is 0 Å². The molecule has 16 heavy (non-hydrogen) atoms. The molecule has 2 aliphatic rings. The van der Waals surface area contributed by atoms with Gasteiger partial charge in [-0.2, -0.15) is 0 Å². The number of fused-ring (bicyclic) bond motifs is 3. The van der Waals surface area contributed by atoms with Crippen molar-refractivity contribution in [1.29, 1.82) is 0 Å². The Labute approximate surface area is 98.9 Å². The second kappa shape index (κ2) is 3.82. The van der Waals surface area contributed by atoms with Crippen LogP contribution in [0.1, 0.15) is 30.1 Å². The molecular formula is C12H13ClO3. The van der Waals surface area contributed by atoms with Crippen LogP contribution in [0, 0.1) is 0 Å². The predicted octanol–water partition coefficient (Wildman–Crippen LogP) is 2.48. The average molecular weight is 241 g/mol. The summed E-state index contributed by atoms with van der Waals surface area (Å²) < 4.78 is 11.1. The van der Waals surface area contributed by atoms with Crippen LogP contribution in [-0.2, 0) is 6.42 Å². The number of benzene rings is 1. The van der Waals surface area contributed by atoms with Gasteiger partial charge in [0, 0.05) is 16.7 Å². The molecule has 0 saturated heterocycles. The SMILES string of the molecule is O[C@@H]1CCCc2c(Cl)cc3c(c21)OCCO3. The van der Waals surface area contributed by atoms with Gasteiger partial charge in [-0.15, -0.1) is 0 Å². The molecule has 0 amide bonds. The minimum absolute atomic E-state index is 0.474. The van der Waals surface area contributed by atoms with Crippen molar-refractivity contribution in [3.63, 3.8) is 0 Å². The van der Waals surface area contributed by atoms with E-state index in [1.54, 1.807) is 6.07 Å². The topological polar surface area (TPSA) is 38.7 Å². The molecule has 86 valence electrons. The predicted molar refractivity (Wildman–Crippen MR) is 60.3 cm³/mol. The van der Waals surface area contributed by atoms with Crippen LogP contribution in [0.3, 0.4) is 0 Å². The van der Waals surface area contributed by atoms with E-state index in [2.05, 4.69) is 0 Å². The Morgan fingerprint density at radius 2 is 2.12 bits per heavy atom. The lowest BCUT2D eigenvalue weighted by atomic mass is 9.88. The zero-order valence-corrected chi connectivity index (χ0v) is 9.59. The van der Waals surface area contributed by atoms with E-state index in [1.807, 2.05) is 0 Å². The molecule has 1 heterocycles. The van der Waals surface area contributed by atoms with Gasteiger partial charge < -0.3 is 14.6 Å². The lowest BCUT2D eigenvalue weighted by Gasteiger charge is -2.29. The number of aliphatic hydroxyl groups is 1. The van der Waals surface area contributed by atoms with Crippen molar-refractivity contribution in [3.8, 4) is 11.5 Å². The van der Waals surface area contributed by atoms with Crippen LogP contribution in [0.4, 0.5) is 0 Å². The molecule has 0 fully saturated rings. The molecule has 0 spiro atoms. The third-order valence-corrected chi connectivity index (χ3v) is 3.50. The number of aliphatic hydroxyl groups excluding tert-OH is 1. The lowest BCUT2D eigenvalue weighted by molar-refractivity contribution is 0.133. The first-order valence-corrected chi connectivity index (χ1v) is 5.94. The summed E-state index contributed by atoms with van der Waals surface area (Å²) in [5, 5.41) is 10.7. The van der Waals surface area contributed by atoms with Gasteiger partial charge in [0.05, 0.1) is 6.10 Å². The minimum Gasteiger partial charge on any atom is -0.486 e. The number of halogens is 1. The highest BCUT2D eigenvalue weighted by Gasteiger charge is 2.29.